The molecule has 0 aromatic heterocycles. The number of fused-ring (bicyclic) bond motifs is 1. The van der Waals surface area contributed by atoms with Crippen molar-refractivity contribution in [3.05, 3.63) is 53.6 Å². The number of hydrogen-bond acceptors (Lipinski definition) is 6. The van der Waals surface area contributed by atoms with E-state index in [4.69, 9.17) is 14.2 Å². The molecule has 2 aromatic carbocycles. The molecule has 1 atom stereocenters. The zero-order chi connectivity index (χ0) is 21.1. The molecule has 4 rings (SSSR count). The molecule has 0 amide bonds. The molecule has 9 heteroatoms. The SMILES string of the molecule is CC(C)c1ccc(S(=O)(=O)NCC(c2ccc3c(c2)OCO3)N2CCOCC2)cc1.Cl. The summed E-state index contributed by atoms with van der Waals surface area (Å²) in [6.45, 7) is 7.37. The lowest BCUT2D eigenvalue weighted by Crippen LogP contribution is -2.43. The second-order valence-corrected chi connectivity index (χ2v) is 9.62. The topological polar surface area (TPSA) is 77.1 Å². The predicted molar refractivity (Wildman–Crippen MR) is 121 cm³/mol. The van der Waals surface area contributed by atoms with E-state index in [9.17, 15) is 8.42 Å². The molecule has 31 heavy (non-hydrogen) atoms. The number of nitrogens with zero attached hydrogens (tertiary/aromatic N) is 1. The Hall–Kier alpha value is -1.84. The van der Waals surface area contributed by atoms with Crippen LogP contribution in [0.15, 0.2) is 47.4 Å². The van der Waals surface area contributed by atoms with Gasteiger partial charge in [-0.1, -0.05) is 32.0 Å². The number of sulfonamides is 1. The molecule has 170 valence electrons. The molecular formula is C22H29ClN2O5S. The Morgan fingerprint density at radius 1 is 0.968 bits per heavy atom. The second-order valence-electron chi connectivity index (χ2n) is 7.85. The smallest absolute Gasteiger partial charge is 0.240 e. The van der Waals surface area contributed by atoms with E-state index in [1.807, 2.05) is 30.3 Å². The van der Waals surface area contributed by atoms with Gasteiger partial charge >= 0.3 is 0 Å². The van der Waals surface area contributed by atoms with Gasteiger partial charge in [-0.3, -0.25) is 4.90 Å². The third-order valence-corrected chi connectivity index (χ3v) is 7.03. The van der Waals surface area contributed by atoms with Crippen LogP contribution in [0.25, 0.3) is 0 Å². The van der Waals surface area contributed by atoms with Crippen LogP contribution in [0.4, 0.5) is 0 Å². The van der Waals surface area contributed by atoms with Gasteiger partial charge in [-0.05, 0) is 41.3 Å². The lowest BCUT2D eigenvalue weighted by molar-refractivity contribution is 0.0171. The van der Waals surface area contributed by atoms with Gasteiger partial charge in [0, 0.05) is 25.7 Å². The summed E-state index contributed by atoms with van der Waals surface area (Å²) in [6.07, 6.45) is 0. The number of morpholine rings is 1. The Balaban J connectivity index is 0.00000272. The summed E-state index contributed by atoms with van der Waals surface area (Å²) in [5.41, 5.74) is 2.10. The van der Waals surface area contributed by atoms with E-state index in [0.717, 1.165) is 24.2 Å². The van der Waals surface area contributed by atoms with Gasteiger partial charge in [0.15, 0.2) is 11.5 Å². The Morgan fingerprint density at radius 2 is 1.61 bits per heavy atom. The molecular weight excluding hydrogens is 440 g/mol. The third kappa shape index (κ3) is 5.51. The second kappa shape index (κ2) is 10.2. The van der Waals surface area contributed by atoms with E-state index in [2.05, 4.69) is 23.5 Å². The van der Waals surface area contributed by atoms with Crippen molar-refractivity contribution in [2.24, 2.45) is 0 Å². The van der Waals surface area contributed by atoms with Crippen LogP contribution in [0.3, 0.4) is 0 Å². The van der Waals surface area contributed by atoms with Gasteiger partial charge in [-0.15, -0.1) is 12.4 Å². The van der Waals surface area contributed by atoms with Crippen molar-refractivity contribution in [1.82, 2.24) is 9.62 Å². The molecule has 1 N–H and O–H groups in total. The predicted octanol–water partition coefficient (Wildman–Crippen LogP) is 3.31. The highest BCUT2D eigenvalue weighted by Gasteiger charge is 2.27. The summed E-state index contributed by atoms with van der Waals surface area (Å²) in [6, 6.07) is 12.7. The van der Waals surface area contributed by atoms with E-state index >= 15 is 0 Å². The molecule has 2 aliphatic rings. The molecule has 1 saturated heterocycles. The molecule has 2 heterocycles. The standard InChI is InChI=1S/C22H28N2O5S.ClH/c1-16(2)17-3-6-19(7-4-17)30(25,26)23-14-20(24-9-11-27-12-10-24)18-5-8-21-22(13-18)29-15-28-21;/h3-8,13,16,20,23H,9-12,14-15H2,1-2H3;1H. The van der Waals surface area contributed by atoms with Crippen LogP contribution in [0.5, 0.6) is 11.5 Å². The highest BCUT2D eigenvalue weighted by atomic mass is 35.5. The number of nitrogens with one attached hydrogen (secondary N) is 1. The number of rotatable bonds is 7. The number of ether oxygens (including phenoxy) is 3. The molecule has 2 aliphatic heterocycles. The van der Waals surface area contributed by atoms with Crippen LogP contribution >= 0.6 is 12.4 Å². The van der Waals surface area contributed by atoms with Crippen LogP contribution in [0, 0.1) is 0 Å². The van der Waals surface area contributed by atoms with Gasteiger partial charge in [-0.2, -0.15) is 0 Å². The molecule has 0 bridgehead atoms. The summed E-state index contributed by atoms with van der Waals surface area (Å²) in [7, 11) is -3.62. The fourth-order valence-electron chi connectivity index (χ4n) is 3.77. The number of hydrogen-bond donors (Lipinski definition) is 1. The minimum Gasteiger partial charge on any atom is -0.454 e. The molecule has 7 nitrogen and oxygen atoms in total. The van der Waals surface area contributed by atoms with E-state index in [1.165, 1.54) is 0 Å². The minimum atomic E-state index is -3.62. The van der Waals surface area contributed by atoms with Crippen molar-refractivity contribution in [3.63, 3.8) is 0 Å². The fourth-order valence-corrected chi connectivity index (χ4v) is 4.81. The normalized spacial score (nSPS) is 17.4. The lowest BCUT2D eigenvalue weighted by atomic mass is 10.0. The molecule has 1 fully saturated rings. The van der Waals surface area contributed by atoms with Crippen molar-refractivity contribution in [1.29, 1.82) is 0 Å². The van der Waals surface area contributed by atoms with E-state index < -0.39 is 10.0 Å². The monoisotopic (exact) mass is 468 g/mol. The van der Waals surface area contributed by atoms with Crippen LogP contribution in [0.2, 0.25) is 0 Å². The summed E-state index contributed by atoms with van der Waals surface area (Å²) in [5, 5.41) is 0. The fraction of sp³-hybridized carbons (Fsp3) is 0.455. The molecule has 0 spiro atoms. The first-order chi connectivity index (χ1) is 14.4. The van der Waals surface area contributed by atoms with Gasteiger partial charge in [0.25, 0.3) is 0 Å². The average molecular weight is 469 g/mol. The van der Waals surface area contributed by atoms with Gasteiger partial charge < -0.3 is 14.2 Å². The summed E-state index contributed by atoms with van der Waals surface area (Å²) in [4.78, 5) is 2.52. The molecule has 0 aliphatic carbocycles. The lowest BCUT2D eigenvalue weighted by Gasteiger charge is -2.35. The van der Waals surface area contributed by atoms with E-state index in [1.54, 1.807) is 12.1 Å². The summed E-state index contributed by atoms with van der Waals surface area (Å²) in [5.74, 6) is 1.76. The zero-order valence-electron chi connectivity index (χ0n) is 17.7. The quantitative estimate of drug-likeness (QED) is 0.671. The van der Waals surface area contributed by atoms with E-state index in [-0.39, 0.29) is 36.7 Å². The number of benzene rings is 2. The molecule has 1 unspecified atom stereocenters. The minimum absolute atomic E-state index is 0. The molecule has 2 aromatic rings. The maximum absolute atomic E-state index is 12.9. The van der Waals surface area contributed by atoms with Gasteiger partial charge in [0.05, 0.1) is 18.1 Å². The Labute approximate surface area is 190 Å². The maximum atomic E-state index is 12.9. The van der Waals surface area contributed by atoms with Crippen molar-refractivity contribution in [3.8, 4) is 11.5 Å². The highest BCUT2D eigenvalue weighted by molar-refractivity contribution is 7.89. The first kappa shape index (κ1) is 23.8. The van der Waals surface area contributed by atoms with Crippen LogP contribution < -0.4 is 14.2 Å². The van der Waals surface area contributed by atoms with Gasteiger partial charge in [0.2, 0.25) is 16.8 Å². The maximum Gasteiger partial charge on any atom is 0.240 e. The van der Waals surface area contributed by atoms with Gasteiger partial charge in [-0.25, -0.2) is 13.1 Å². The molecule has 0 saturated carbocycles. The van der Waals surface area contributed by atoms with Crippen molar-refractivity contribution < 1.29 is 22.6 Å². The largest absolute Gasteiger partial charge is 0.454 e. The Kier molecular flexibility index (Phi) is 7.82. The van der Waals surface area contributed by atoms with Crippen molar-refractivity contribution in [2.75, 3.05) is 39.6 Å². The first-order valence-corrected chi connectivity index (χ1v) is 11.7. The zero-order valence-corrected chi connectivity index (χ0v) is 19.4. The van der Waals surface area contributed by atoms with Crippen molar-refractivity contribution >= 4 is 22.4 Å². The van der Waals surface area contributed by atoms with Crippen LogP contribution in [-0.4, -0.2) is 53.0 Å². The van der Waals surface area contributed by atoms with Crippen molar-refractivity contribution in [2.45, 2.75) is 30.7 Å². The third-order valence-electron chi connectivity index (χ3n) is 5.59. The molecule has 0 radical (unpaired) electrons. The summed E-state index contributed by atoms with van der Waals surface area (Å²) < 4.78 is 45.1. The van der Waals surface area contributed by atoms with Gasteiger partial charge in [0.1, 0.15) is 0 Å². The average Bonchev–Trinajstić information content (AvgIpc) is 3.23. The Bertz CT molecular complexity index is 976. The van der Waals surface area contributed by atoms with E-state index in [0.29, 0.717) is 30.6 Å². The van der Waals surface area contributed by atoms with Crippen LogP contribution in [0.1, 0.15) is 36.9 Å². The summed E-state index contributed by atoms with van der Waals surface area (Å²) >= 11 is 0. The number of halogens is 1. The van der Waals surface area contributed by atoms with Crippen LogP contribution in [-0.2, 0) is 14.8 Å². The highest BCUT2D eigenvalue weighted by Crippen LogP contribution is 2.35. The Morgan fingerprint density at radius 3 is 2.29 bits per heavy atom. The first-order valence-electron chi connectivity index (χ1n) is 10.2.